The molecule has 1 rings (SSSR count). The predicted molar refractivity (Wildman–Crippen MR) is 58.2 cm³/mol. The molecule has 0 fully saturated rings. The first-order valence-electron chi connectivity index (χ1n) is 4.84. The zero-order chi connectivity index (χ0) is 13.7. The van der Waals surface area contributed by atoms with Gasteiger partial charge in [-0.3, -0.25) is 14.4 Å². The number of aliphatic carboxylic acids is 2. The number of hydrogen-bond donors (Lipinski definition) is 4. The third kappa shape index (κ3) is 3.74. The van der Waals surface area contributed by atoms with E-state index in [2.05, 4.69) is 4.98 Å². The zero-order valence-electron chi connectivity index (χ0n) is 9.04. The van der Waals surface area contributed by atoms with Crippen molar-refractivity contribution < 1.29 is 24.6 Å². The van der Waals surface area contributed by atoms with Crippen molar-refractivity contribution >= 4 is 17.8 Å². The van der Waals surface area contributed by atoms with Gasteiger partial charge < -0.3 is 20.5 Å². The first-order valence-corrected chi connectivity index (χ1v) is 4.84. The summed E-state index contributed by atoms with van der Waals surface area (Å²) in [6.45, 7) is 0. The van der Waals surface area contributed by atoms with Crippen molar-refractivity contribution in [1.82, 2.24) is 10.3 Å². The van der Waals surface area contributed by atoms with E-state index in [-0.39, 0.29) is 5.56 Å². The van der Waals surface area contributed by atoms with Crippen LogP contribution in [0.4, 0.5) is 0 Å². The maximum Gasteiger partial charge on any atom is 0.326 e. The molecular formula is C10H10N2O6. The van der Waals surface area contributed by atoms with Gasteiger partial charge in [-0.2, -0.15) is 0 Å². The van der Waals surface area contributed by atoms with Gasteiger partial charge >= 0.3 is 11.9 Å². The quantitative estimate of drug-likeness (QED) is 0.533. The lowest BCUT2D eigenvalue weighted by molar-refractivity contribution is -0.145. The number of carbonyl (C=O) groups is 3. The molecule has 0 aliphatic carbocycles. The normalized spacial score (nSPS) is 11.6. The Labute approximate surface area is 100 Å². The van der Waals surface area contributed by atoms with Crippen molar-refractivity contribution in [2.45, 2.75) is 12.5 Å². The second kappa shape index (κ2) is 5.62. The Morgan fingerprint density at radius 3 is 2.50 bits per heavy atom. The van der Waals surface area contributed by atoms with Crippen LogP contribution in [0.3, 0.4) is 0 Å². The number of H-pyrrole nitrogens is 1. The Hall–Kier alpha value is -2.64. The molecule has 18 heavy (non-hydrogen) atoms. The summed E-state index contributed by atoms with van der Waals surface area (Å²) in [6, 6.07) is 0.708. The van der Waals surface area contributed by atoms with Gasteiger partial charge in [-0.15, -0.1) is 0 Å². The molecular weight excluding hydrogens is 244 g/mol. The number of carboxylic acid groups (broad SMARTS) is 2. The lowest BCUT2D eigenvalue weighted by Gasteiger charge is -2.11. The summed E-state index contributed by atoms with van der Waals surface area (Å²) in [5, 5.41) is 19.2. The molecule has 0 aromatic carbocycles. The lowest BCUT2D eigenvalue weighted by Crippen LogP contribution is -2.42. The minimum Gasteiger partial charge on any atom is -0.481 e. The zero-order valence-corrected chi connectivity index (χ0v) is 9.04. The number of hydrogen-bond acceptors (Lipinski definition) is 4. The standard InChI is InChI=1S/C10H10N2O6/c13-7-3-5(1-2-11-7)9(16)12-6(10(17)18)4-8(14)15/h1-3,6H,4H2,(H,11,13)(H,12,16)(H,14,15)(H,17,18). The molecule has 0 radical (unpaired) electrons. The molecule has 0 spiro atoms. The summed E-state index contributed by atoms with van der Waals surface area (Å²) in [7, 11) is 0. The van der Waals surface area contributed by atoms with Crippen LogP contribution >= 0.6 is 0 Å². The van der Waals surface area contributed by atoms with Crippen LogP contribution < -0.4 is 10.9 Å². The molecule has 1 aromatic heterocycles. The minimum atomic E-state index is -1.55. The van der Waals surface area contributed by atoms with Gasteiger partial charge in [0.25, 0.3) is 5.91 Å². The second-order valence-electron chi connectivity index (χ2n) is 3.40. The third-order valence-electron chi connectivity index (χ3n) is 2.02. The molecule has 1 unspecified atom stereocenters. The van der Waals surface area contributed by atoms with E-state index in [1.165, 1.54) is 12.3 Å². The SMILES string of the molecule is O=C(O)CC(NC(=O)c1cc[nH]c(=O)c1)C(=O)O. The van der Waals surface area contributed by atoms with Gasteiger partial charge in [-0.25, -0.2) is 4.79 Å². The van der Waals surface area contributed by atoms with E-state index in [9.17, 15) is 19.2 Å². The number of aromatic nitrogens is 1. The first kappa shape index (κ1) is 13.4. The summed E-state index contributed by atoms with van der Waals surface area (Å²) in [6.07, 6.45) is 0.481. The molecule has 1 aromatic rings. The van der Waals surface area contributed by atoms with Crippen LogP contribution in [0.2, 0.25) is 0 Å². The Kier molecular flexibility index (Phi) is 4.19. The maximum atomic E-state index is 11.6. The van der Waals surface area contributed by atoms with E-state index >= 15 is 0 Å². The summed E-state index contributed by atoms with van der Waals surface area (Å²) in [5.41, 5.74) is -0.567. The van der Waals surface area contributed by atoms with Crippen LogP contribution in [0.15, 0.2) is 23.1 Å². The summed E-state index contributed by atoms with van der Waals surface area (Å²) < 4.78 is 0. The molecule has 1 atom stereocenters. The second-order valence-corrected chi connectivity index (χ2v) is 3.40. The molecule has 1 heterocycles. The molecule has 0 aliphatic heterocycles. The van der Waals surface area contributed by atoms with Gasteiger partial charge in [0.05, 0.1) is 6.42 Å². The molecule has 1 amide bonds. The fourth-order valence-corrected chi connectivity index (χ4v) is 1.20. The maximum absolute atomic E-state index is 11.6. The van der Waals surface area contributed by atoms with Crippen LogP contribution in [-0.2, 0) is 9.59 Å². The number of pyridine rings is 1. The van der Waals surface area contributed by atoms with Gasteiger partial charge in [-0.1, -0.05) is 0 Å². The van der Waals surface area contributed by atoms with Gasteiger partial charge in [0.1, 0.15) is 6.04 Å². The summed E-state index contributed by atoms with van der Waals surface area (Å²) >= 11 is 0. The van der Waals surface area contributed by atoms with Crippen molar-refractivity contribution in [3.05, 3.63) is 34.2 Å². The van der Waals surface area contributed by atoms with Crippen LogP contribution in [0.25, 0.3) is 0 Å². The third-order valence-corrected chi connectivity index (χ3v) is 2.02. The molecule has 0 saturated carbocycles. The largest absolute Gasteiger partial charge is 0.481 e. The highest BCUT2D eigenvalue weighted by Gasteiger charge is 2.23. The van der Waals surface area contributed by atoms with Crippen molar-refractivity contribution in [3.8, 4) is 0 Å². The number of rotatable bonds is 5. The van der Waals surface area contributed by atoms with Crippen LogP contribution in [0.5, 0.6) is 0 Å². The number of carbonyl (C=O) groups excluding carboxylic acids is 1. The highest BCUT2D eigenvalue weighted by Crippen LogP contribution is 1.98. The average Bonchev–Trinajstić information content (AvgIpc) is 2.27. The van der Waals surface area contributed by atoms with E-state index in [1.807, 2.05) is 5.32 Å². The van der Waals surface area contributed by atoms with E-state index in [1.54, 1.807) is 0 Å². The van der Waals surface area contributed by atoms with Crippen molar-refractivity contribution in [1.29, 1.82) is 0 Å². The Morgan fingerprint density at radius 1 is 1.33 bits per heavy atom. The smallest absolute Gasteiger partial charge is 0.326 e. The Morgan fingerprint density at radius 2 is 2.00 bits per heavy atom. The molecule has 4 N–H and O–H groups in total. The Bertz CT molecular complexity index is 535. The predicted octanol–water partition coefficient (Wildman–Crippen LogP) is -0.967. The molecule has 0 bridgehead atoms. The van der Waals surface area contributed by atoms with E-state index in [0.717, 1.165) is 6.07 Å². The van der Waals surface area contributed by atoms with E-state index < -0.39 is 35.9 Å². The molecule has 0 aliphatic rings. The number of amides is 1. The fraction of sp³-hybridized carbons (Fsp3) is 0.200. The van der Waals surface area contributed by atoms with Crippen LogP contribution in [-0.4, -0.2) is 39.1 Å². The van der Waals surface area contributed by atoms with Gasteiger partial charge in [0, 0.05) is 17.8 Å². The monoisotopic (exact) mass is 254 g/mol. The fourth-order valence-electron chi connectivity index (χ4n) is 1.20. The molecule has 96 valence electrons. The average molecular weight is 254 g/mol. The number of nitrogens with one attached hydrogen (secondary N) is 2. The van der Waals surface area contributed by atoms with Crippen molar-refractivity contribution in [2.75, 3.05) is 0 Å². The first-order chi connectivity index (χ1) is 8.40. The van der Waals surface area contributed by atoms with Gasteiger partial charge in [0.15, 0.2) is 0 Å². The van der Waals surface area contributed by atoms with Gasteiger partial charge in [0.2, 0.25) is 5.56 Å². The van der Waals surface area contributed by atoms with E-state index in [4.69, 9.17) is 10.2 Å². The summed E-state index contributed by atoms with van der Waals surface area (Å²) in [5.74, 6) is -3.64. The van der Waals surface area contributed by atoms with E-state index in [0.29, 0.717) is 0 Å². The highest BCUT2D eigenvalue weighted by molar-refractivity contribution is 5.97. The van der Waals surface area contributed by atoms with Crippen molar-refractivity contribution in [2.24, 2.45) is 0 Å². The minimum absolute atomic E-state index is 0.0459. The van der Waals surface area contributed by atoms with Crippen LogP contribution in [0.1, 0.15) is 16.8 Å². The lowest BCUT2D eigenvalue weighted by atomic mass is 10.2. The van der Waals surface area contributed by atoms with Crippen LogP contribution in [0, 0.1) is 0 Å². The number of carboxylic acids is 2. The van der Waals surface area contributed by atoms with Crippen molar-refractivity contribution in [3.63, 3.8) is 0 Å². The Balaban J connectivity index is 2.81. The molecule has 8 heteroatoms. The molecule has 8 nitrogen and oxygen atoms in total. The van der Waals surface area contributed by atoms with Gasteiger partial charge in [-0.05, 0) is 6.07 Å². The topological polar surface area (TPSA) is 137 Å². The molecule has 0 saturated heterocycles. The number of aromatic amines is 1. The highest BCUT2D eigenvalue weighted by atomic mass is 16.4. The summed E-state index contributed by atoms with van der Waals surface area (Å²) in [4.78, 5) is 45.9.